The highest BCUT2D eigenvalue weighted by Gasteiger charge is 2.06. The second-order valence-electron chi connectivity index (χ2n) is 4.56. The van der Waals surface area contributed by atoms with Crippen LogP contribution >= 0.6 is 15.9 Å². The first-order valence-corrected chi connectivity index (χ1v) is 7.30. The van der Waals surface area contributed by atoms with E-state index in [1.54, 1.807) is 6.07 Å². The van der Waals surface area contributed by atoms with Crippen LogP contribution in [0.2, 0.25) is 0 Å². The average Bonchev–Trinajstić information content (AvgIpc) is 2.49. The first kappa shape index (κ1) is 13.8. The summed E-state index contributed by atoms with van der Waals surface area (Å²) >= 11 is 3.26. The molecule has 0 unspecified atom stereocenters. The number of hydrogen-bond donors (Lipinski definition) is 0. The third-order valence-electron chi connectivity index (χ3n) is 3.08. The molecule has 0 aliphatic rings. The summed E-state index contributed by atoms with van der Waals surface area (Å²) in [5.74, 6) is 1.25. The minimum absolute atomic E-state index is 0.249. The van der Waals surface area contributed by atoms with Gasteiger partial charge in [-0.05, 0) is 42.0 Å². The van der Waals surface area contributed by atoms with Gasteiger partial charge in [-0.25, -0.2) is 4.39 Å². The summed E-state index contributed by atoms with van der Waals surface area (Å²) in [5, 5.41) is 0. The van der Waals surface area contributed by atoms with Crippen molar-refractivity contribution in [1.29, 1.82) is 0 Å². The van der Waals surface area contributed by atoms with Crippen molar-refractivity contribution in [2.75, 3.05) is 0 Å². The van der Waals surface area contributed by atoms with Crippen LogP contribution in [-0.2, 0) is 0 Å². The molecule has 3 aromatic carbocycles. The molecule has 0 saturated carbocycles. The van der Waals surface area contributed by atoms with Crippen molar-refractivity contribution in [3.63, 3.8) is 0 Å². The highest BCUT2D eigenvalue weighted by Crippen LogP contribution is 2.28. The van der Waals surface area contributed by atoms with Crippen molar-refractivity contribution >= 4 is 15.9 Å². The van der Waals surface area contributed by atoms with Crippen molar-refractivity contribution in [2.45, 2.75) is 0 Å². The molecule has 0 aliphatic heterocycles. The van der Waals surface area contributed by atoms with Crippen LogP contribution in [0, 0.1) is 5.82 Å². The van der Waals surface area contributed by atoms with E-state index in [1.807, 2.05) is 60.7 Å². The summed E-state index contributed by atoms with van der Waals surface area (Å²) in [6, 6.07) is 22.0. The van der Waals surface area contributed by atoms with Gasteiger partial charge in [0.2, 0.25) is 0 Å². The van der Waals surface area contributed by atoms with E-state index in [2.05, 4.69) is 15.9 Å². The zero-order chi connectivity index (χ0) is 14.7. The number of halogens is 2. The largest absolute Gasteiger partial charge is 0.457 e. The predicted octanol–water partition coefficient (Wildman–Crippen LogP) is 6.05. The molecule has 0 bridgehead atoms. The summed E-state index contributed by atoms with van der Waals surface area (Å²) in [7, 11) is 0. The highest BCUT2D eigenvalue weighted by atomic mass is 79.9. The third-order valence-corrected chi connectivity index (χ3v) is 3.57. The number of benzene rings is 3. The molecule has 0 aliphatic carbocycles. The van der Waals surface area contributed by atoms with Gasteiger partial charge in [0.1, 0.15) is 17.3 Å². The summed E-state index contributed by atoms with van der Waals surface area (Å²) < 4.78 is 20.4. The Hall–Kier alpha value is -2.13. The lowest BCUT2D eigenvalue weighted by molar-refractivity contribution is 0.483. The van der Waals surface area contributed by atoms with Crippen LogP contribution in [0.5, 0.6) is 11.5 Å². The van der Waals surface area contributed by atoms with Gasteiger partial charge in [0.25, 0.3) is 0 Å². The summed E-state index contributed by atoms with van der Waals surface area (Å²) in [6.07, 6.45) is 0. The summed E-state index contributed by atoms with van der Waals surface area (Å²) in [5.41, 5.74) is 1.39. The second kappa shape index (κ2) is 6.10. The van der Waals surface area contributed by atoms with Crippen LogP contribution in [0.1, 0.15) is 0 Å². The monoisotopic (exact) mass is 342 g/mol. The molecule has 0 N–H and O–H groups in total. The fourth-order valence-corrected chi connectivity index (χ4v) is 2.38. The Balaban J connectivity index is 1.84. The minimum Gasteiger partial charge on any atom is -0.457 e. The van der Waals surface area contributed by atoms with E-state index in [9.17, 15) is 4.39 Å². The van der Waals surface area contributed by atoms with E-state index in [0.29, 0.717) is 5.56 Å². The number of hydrogen-bond acceptors (Lipinski definition) is 1. The summed E-state index contributed by atoms with van der Waals surface area (Å²) in [6.45, 7) is 0. The molecule has 0 fully saturated rings. The SMILES string of the molecule is Fc1cc(Br)ccc1-c1ccc(Oc2ccccc2)cc1. The average molecular weight is 343 g/mol. The van der Waals surface area contributed by atoms with Gasteiger partial charge in [-0.15, -0.1) is 0 Å². The second-order valence-corrected chi connectivity index (χ2v) is 5.48. The van der Waals surface area contributed by atoms with Crippen LogP contribution in [0.25, 0.3) is 11.1 Å². The van der Waals surface area contributed by atoms with Crippen LogP contribution in [0.4, 0.5) is 4.39 Å². The molecule has 104 valence electrons. The maximum absolute atomic E-state index is 13.9. The Morgan fingerprint density at radius 2 is 1.43 bits per heavy atom. The fourth-order valence-electron chi connectivity index (χ4n) is 2.05. The Bertz CT molecular complexity index is 739. The molecule has 0 aromatic heterocycles. The van der Waals surface area contributed by atoms with Crippen LogP contribution in [0.3, 0.4) is 0 Å². The maximum Gasteiger partial charge on any atom is 0.132 e. The van der Waals surface area contributed by atoms with Crippen molar-refractivity contribution in [1.82, 2.24) is 0 Å². The quantitative estimate of drug-likeness (QED) is 0.563. The molecule has 1 nitrogen and oxygen atoms in total. The standard InChI is InChI=1S/C18H12BrFO/c19-14-8-11-17(18(20)12-14)13-6-9-16(10-7-13)21-15-4-2-1-3-5-15/h1-12H. The van der Waals surface area contributed by atoms with Gasteiger partial charge in [0.15, 0.2) is 0 Å². The molecule has 0 radical (unpaired) electrons. The first-order chi connectivity index (χ1) is 10.2. The topological polar surface area (TPSA) is 9.23 Å². The van der Waals surface area contributed by atoms with Crippen molar-refractivity contribution in [3.05, 3.63) is 83.1 Å². The van der Waals surface area contributed by atoms with E-state index in [0.717, 1.165) is 21.5 Å². The molecular formula is C18H12BrFO. The van der Waals surface area contributed by atoms with Gasteiger partial charge in [-0.2, -0.15) is 0 Å². The zero-order valence-electron chi connectivity index (χ0n) is 11.1. The Morgan fingerprint density at radius 1 is 0.762 bits per heavy atom. The smallest absolute Gasteiger partial charge is 0.132 e. The number of para-hydroxylation sites is 1. The molecule has 3 heteroatoms. The van der Waals surface area contributed by atoms with E-state index >= 15 is 0 Å². The molecule has 3 aromatic rings. The molecule has 0 saturated heterocycles. The predicted molar refractivity (Wildman–Crippen MR) is 86.1 cm³/mol. The lowest BCUT2D eigenvalue weighted by Crippen LogP contribution is -1.86. The molecule has 0 atom stereocenters. The lowest BCUT2D eigenvalue weighted by atomic mass is 10.1. The van der Waals surface area contributed by atoms with Gasteiger partial charge in [0, 0.05) is 10.0 Å². The molecule has 21 heavy (non-hydrogen) atoms. The molecular weight excluding hydrogens is 331 g/mol. The van der Waals surface area contributed by atoms with E-state index in [1.165, 1.54) is 6.07 Å². The number of rotatable bonds is 3. The van der Waals surface area contributed by atoms with Gasteiger partial charge in [0.05, 0.1) is 0 Å². The van der Waals surface area contributed by atoms with Crippen molar-refractivity contribution in [3.8, 4) is 22.6 Å². The molecule has 0 spiro atoms. The molecule has 3 rings (SSSR count). The molecule has 0 heterocycles. The number of ether oxygens (including phenoxy) is 1. The summed E-state index contributed by atoms with van der Waals surface area (Å²) in [4.78, 5) is 0. The van der Waals surface area contributed by atoms with Crippen molar-refractivity contribution < 1.29 is 9.13 Å². The Labute approximate surface area is 131 Å². The lowest BCUT2D eigenvalue weighted by Gasteiger charge is -2.08. The van der Waals surface area contributed by atoms with Crippen LogP contribution < -0.4 is 4.74 Å². The van der Waals surface area contributed by atoms with Gasteiger partial charge >= 0.3 is 0 Å². The Morgan fingerprint density at radius 3 is 2.10 bits per heavy atom. The van der Waals surface area contributed by atoms with E-state index in [4.69, 9.17) is 4.74 Å². The van der Waals surface area contributed by atoms with Gasteiger partial charge in [-0.1, -0.05) is 52.3 Å². The maximum atomic E-state index is 13.9. The molecule has 0 amide bonds. The van der Waals surface area contributed by atoms with E-state index in [-0.39, 0.29) is 5.82 Å². The first-order valence-electron chi connectivity index (χ1n) is 6.51. The fraction of sp³-hybridized carbons (Fsp3) is 0. The highest BCUT2D eigenvalue weighted by molar-refractivity contribution is 9.10. The van der Waals surface area contributed by atoms with Gasteiger partial charge < -0.3 is 4.74 Å². The third kappa shape index (κ3) is 3.31. The van der Waals surface area contributed by atoms with Crippen LogP contribution in [-0.4, -0.2) is 0 Å². The van der Waals surface area contributed by atoms with Crippen molar-refractivity contribution in [2.24, 2.45) is 0 Å². The van der Waals surface area contributed by atoms with E-state index < -0.39 is 0 Å². The zero-order valence-corrected chi connectivity index (χ0v) is 12.7. The normalized spacial score (nSPS) is 10.4. The van der Waals surface area contributed by atoms with Gasteiger partial charge in [-0.3, -0.25) is 0 Å². The minimum atomic E-state index is -0.249. The van der Waals surface area contributed by atoms with Crippen LogP contribution in [0.15, 0.2) is 77.3 Å². The Kier molecular flexibility index (Phi) is 4.02.